The molecule has 0 unspecified atom stereocenters. The lowest BCUT2D eigenvalue weighted by molar-refractivity contribution is -0.0287. The van der Waals surface area contributed by atoms with E-state index < -0.39 is 5.60 Å². The van der Waals surface area contributed by atoms with Gasteiger partial charge < -0.3 is 20.3 Å². The van der Waals surface area contributed by atoms with E-state index in [-0.39, 0.29) is 12.6 Å². The van der Waals surface area contributed by atoms with Crippen LogP contribution >= 0.6 is 0 Å². The molecular formula is C12H19N3O3. The maximum atomic E-state index is 11.7. The fraction of sp³-hybridized carbons (Fsp3) is 0.667. The Labute approximate surface area is 106 Å². The van der Waals surface area contributed by atoms with Gasteiger partial charge in [0.1, 0.15) is 11.4 Å². The van der Waals surface area contributed by atoms with Crippen LogP contribution in [0, 0.1) is 6.92 Å². The minimum atomic E-state index is -0.714. The van der Waals surface area contributed by atoms with Crippen LogP contribution in [0.2, 0.25) is 0 Å². The number of aryl methyl sites for hydroxylation is 2. The first-order chi connectivity index (χ1) is 8.54. The molecule has 0 atom stereocenters. The summed E-state index contributed by atoms with van der Waals surface area (Å²) in [5.41, 5.74) is 0.634. The monoisotopic (exact) mass is 253 g/mol. The molecule has 1 saturated carbocycles. The van der Waals surface area contributed by atoms with E-state index in [1.54, 1.807) is 6.92 Å². The van der Waals surface area contributed by atoms with E-state index in [0.717, 1.165) is 25.0 Å². The molecule has 6 nitrogen and oxygen atoms in total. The molecule has 2 amide bonds. The second-order valence-electron chi connectivity index (χ2n) is 4.80. The van der Waals surface area contributed by atoms with Gasteiger partial charge in [0.2, 0.25) is 0 Å². The summed E-state index contributed by atoms with van der Waals surface area (Å²) in [5.74, 6) is 0.587. The quantitative estimate of drug-likeness (QED) is 0.760. The Morgan fingerprint density at radius 3 is 2.83 bits per heavy atom. The summed E-state index contributed by atoms with van der Waals surface area (Å²) in [5, 5.41) is 19.1. The van der Waals surface area contributed by atoms with Crippen LogP contribution in [0.25, 0.3) is 0 Å². The first kappa shape index (κ1) is 12.9. The van der Waals surface area contributed by atoms with Gasteiger partial charge in [-0.25, -0.2) is 4.79 Å². The molecule has 6 heteroatoms. The predicted molar refractivity (Wildman–Crippen MR) is 66.4 cm³/mol. The highest BCUT2D eigenvalue weighted by Gasteiger charge is 2.34. The van der Waals surface area contributed by atoms with Crippen molar-refractivity contribution in [2.75, 3.05) is 11.9 Å². The summed E-state index contributed by atoms with van der Waals surface area (Å²) in [6, 6.07) is -0.337. The molecule has 0 saturated heterocycles. The third kappa shape index (κ3) is 2.64. The van der Waals surface area contributed by atoms with E-state index in [9.17, 15) is 9.90 Å². The molecule has 0 aromatic carbocycles. The number of carbonyl (C=O) groups is 1. The van der Waals surface area contributed by atoms with Gasteiger partial charge in [0.05, 0.1) is 5.60 Å². The lowest BCUT2D eigenvalue weighted by Gasteiger charge is -2.36. The maximum absolute atomic E-state index is 11.7. The van der Waals surface area contributed by atoms with Crippen LogP contribution in [0.4, 0.5) is 10.5 Å². The smallest absolute Gasteiger partial charge is 0.319 e. The van der Waals surface area contributed by atoms with E-state index in [1.165, 1.54) is 0 Å². The van der Waals surface area contributed by atoms with Crippen molar-refractivity contribution in [2.24, 2.45) is 0 Å². The number of nitrogens with one attached hydrogen (secondary N) is 2. The summed E-state index contributed by atoms with van der Waals surface area (Å²) >= 11 is 0. The molecule has 3 N–H and O–H groups in total. The molecule has 2 rings (SSSR count). The molecule has 1 heterocycles. The molecule has 1 aliphatic carbocycles. The highest BCUT2D eigenvalue weighted by Crippen LogP contribution is 2.30. The van der Waals surface area contributed by atoms with Crippen LogP contribution in [0.5, 0.6) is 0 Å². The molecule has 0 bridgehead atoms. The van der Waals surface area contributed by atoms with Crippen LogP contribution < -0.4 is 10.6 Å². The molecule has 0 aliphatic heterocycles. The van der Waals surface area contributed by atoms with Gasteiger partial charge in [-0.05, 0) is 32.6 Å². The van der Waals surface area contributed by atoms with Crippen LogP contribution in [-0.2, 0) is 6.42 Å². The summed E-state index contributed by atoms with van der Waals surface area (Å²) in [6.07, 6.45) is 3.21. The molecule has 1 aromatic heterocycles. The number of amides is 2. The summed E-state index contributed by atoms with van der Waals surface area (Å²) in [7, 11) is 0. The number of anilines is 1. The maximum Gasteiger partial charge on any atom is 0.319 e. The molecule has 0 radical (unpaired) electrons. The highest BCUT2D eigenvalue weighted by atomic mass is 16.5. The molecule has 1 aliphatic rings. The highest BCUT2D eigenvalue weighted by molar-refractivity contribution is 5.90. The van der Waals surface area contributed by atoms with Crippen molar-refractivity contribution < 1.29 is 14.4 Å². The zero-order chi connectivity index (χ0) is 13.2. The van der Waals surface area contributed by atoms with E-state index >= 15 is 0 Å². The Morgan fingerprint density at radius 2 is 2.28 bits per heavy atom. The number of aromatic nitrogens is 1. The van der Waals surface area contributed by atoms with Crippen LogP contribution in [0.15, 0.2) is 4.52 Å². The number of urea groups is 1. The lowest BCUT2D eigenvalue weighted by atomic mass is 9.80. The minimum absolute atomic E-state index is 0.282. The topological polar surface area (TPSA) is 87.4 Å². The third-order valence-corrected chi connectivity index (χ3v) is 3.37. The Kier molecular flexibility index (Phi) is 3.56. The Bertz CT molecular complexity index is 438. The Morgan fingerprint density at radius 1 is 1.56 bits per heavy atom. The van der Waals surface area contributed by atoms with Crippen molar-refractivity contribution >= 4 is 11.7 Å². The standard InChI is InChI=1S/C12H19N3O3/c1-3-9-10(8(2)18-15-9)14-11(16)13-7-12(17)5-4-6-12/h17H,3-7H2,1-2H3,(H2,13,14,16). The third-order valence-electron chi connectivity index (χ3n) is 3.37. The second kappa shape index (κ2) is 4.97. The first-order valence-electron chi connectivity index (χ1n) is 6.26. The van der Waals surface area contributed by atoms with Gasteiger partial charge >= 0.3 is 6.03 Å². The summed E-state index contributed by atoms with van der Waals surface area (Å²) in [4.78, 5) is 11.7. The zero-order valence-corrected chi connectivity index (χ0v) is 10.7. The van der Waals surface area contributed by atoms with Gasteiger partial charge in [-0.2, -0.15) is 0 Å². The molecule has 1 aromatic rings. The Hall–Kier alpha value is -1.56. The first-order valence-corrected chi connectivity index (χ1v) is 6.26. The average molecular weight is 253 g/mol. The molecular weight excluding hydrogens is 234 g/mol. The predicted octanol–water partition coefficient (Wildman–Crippen LogP) is 1.58. The summed E-state index contributed by atoms with van der Waals surface area (Å²) < 4.78 is 5.02. The number of aliphatic hydroxyl groups is 1. The second-order valence-corrected chi connectivity index (χ2v) is 4.80. The fourth-order valence-electron chi connectivity index (χ4n) is 1.98. The van der Waals surface area contributed by atoms with Gasteiger partial charge in [0.15, 0.2) is 5.76 Å². The van der Waals surface area contributed by atoms with Crippen molar-refractivity contribution in [1.82, 2.24) is 10.5 Å². The van der Waals surface area contributed by atoms with E-state index in [2.05, 4.69) is 15.8 Å². The average Bonchev–Trinajstić information content (AvgIpc) is 2.65. The van der Waals surface area contributed by atoms with Gasteiger partial charge in [-0.15, -0.1) is 0 Å². The number of carbonyl (C=O) groups excluding carboxylic acids is 1. The van der Waals surface area contributed by atoms with Gasteiger partial charge in [0.25, 0.3) is 0 Å². The van der Waals surface area contributed by atoms with Crippen molar-refractivity contribution in [1.29, 1.82) is 0 Å². The molecule has 18 heavy (non-hydrogen) atoms. The van der Waals surface area contributed by atoms with E-state index in [4.69, 9.17) is 4.52 Å². The van der Waals surface area contributed by atoms with Gasteiger partial charge in [-0.3, -0.25) is 0 Å². The number of hydrogen-bond acceptors (Lipinski definition) is 4. The van der Waals surface area contributed by atoms with Gasteiger partial charge in [0, 0.05) is 6.54 Å². The summed E-state index contributed by atoms with van der Waals surface area (Å²) in [6.45, 7) is 3.98. The van der Waals surface area contributed by atoms with Crippen LogP contribution in [0.3, 0.4) is 0 Å². The lowest BCUT2D eigenvalue weighted by Crippen LogP contribution is -2.48. The zero-order valence-electron chi connectivity index (χ0n) is 10.7. The van der Waals surface area contributed by atoms with E-state index in [1.807, 2.05) is 6.92 Å². The SMILES string of the molecule is CCc1noc(C)c1NC(=O)NCC1(O)CCC1. The van der Waals surface area contributed by atoms with Gasteiger partial charge in [-0.1, -0.05) is 12.1 Å². The van der Waals surface area contributed by atoms with Crippen molar-refractivity contribution in [3.05, 3.63) is 11.5 Å². The molecule has 100 valence electrons. The largest absolute Gasteiger partial charge is 0.388 e. The normalized spacial score (nSPS) is 17.1. The van der Waals surface area contributed by atoms with Crippen LogP contribution in [0.1, 0.15) is 37.6 Å². The van der Waals surface area contributed by atoms with Crippen molar-refractivity contribution in [3.8, 4) is 0 Å². The van der Waals surface area contributed by atoms with E-state index in [0.29, 0.717) is 17.9 Å². The van der Waals surface area contributed by atoms with Crippen molar-refractivity contribution in [2.45, 2.75) is 45.1 Å². The fourth-order valence-corrected chi connectivity index (χ4v) is 1.98. The Balaban J connectivity index is 1.88. The number of hydrogen-bond donors (Lipinski definition) is 3. The molecule has 0 spiro atoms. The molecule has 1 fully saturated rings. The van der Waals surface area contributed by atoms with Crippen LogP contribution in [-0.4, -0.2) is 28.4 Å². The number of nitrogens with zero attached hydrogens (tertiary/aromatic N) is 1. The minimum Gasteiger partial charge on any atom is -0.388 e. The van der Waals surface area contributed by atoms with Crippen molar-refractivity contribution in [3.63, 3.8) is 0 Å². The number of rotatable bonds is 4.